The zero-order valence-corrected chi connectivity index (χ0v) is 13.0. The average Bonchev–Trinajstić information content (AvgIpc) is 3.11. The van der Waals surface area contributed by atoms with E-state index in [1.807, 2.05) is 29.1 Å². The van der Waals surface area contributed by atoms with Gasteiger partial charge in [0.15, 0.2) is 5.82 Å². The van der Waals surface area contributed by atoms with Gasteiger partial charge in [0.1, 0.15) is 0 Å². The molecule has 0 aliphatic heterocycles. The van der Waals surface area contributed by atoms with E-state index in [0.29, 0.717) is 12.5 Å². The molecule has 1 aromatic carbocycles. The Balaban J connectivity index is 1.42. The second kappa shape index (κ2) is 5.96. The summed E-state index contributed by atoms with van der Waals surface area (Å²) in [6, 6.07) is 10.4. The molecule has 118 valence electrons. The quantitative estimate of drug-likeness (QED) is 0.758. The Morgan fingerprint density at radius 3 is 3.04 bits per heavy atom. The topological polar surface area (TPSA) is 68.8 Å². The first-order valence-electron chi connectivity index (χ1n) is 7.95. The van der Waals surface area contributed by atoms with Gasteiger partial charge in [0.25, 0.3) is 0 Å². The molecule has 3 aromatic rings. The van der Waals surface area contributed by atoms with E-state index < -0.39 is 0 Å². The van der Waals surface area contributed by atoms with Crippen molar-refractivity contribution in [2.45, 2.75) is 38.3 Å². The van der Waals surface area contributed by atoms with Crippen LogP contribution in [0.4, 0.5) is 0 Å². The molecular formula is C17H19N5O. The monoisotopic (exact) mass is 309 g/mol. The molecule has 1 fully saturated rings. The zero-order chi connectivity index (χ0) is 15.6. The molecule has 0 saturated heterocycles. The van der Waals surface area contributed by atoms with E-state index >= 15 is 0 Å². The Bertz CT molecular complexity index is 776. The largest absolute Gasteiger partial charge is 0.339 e. The Morgan fingerprint density at radius 2 is 2.26 bits per heavy atom. The molecule has 2 heterocycles. The van der Waals surface area contributed by atoms with Crippen molar-refractivity contribution in [3.8, 4) is 5.69 Å². The number of rotatable bonds is 6. The molecule has 1 saturated carbocycles. The van der Waals surface area contributed by atoms with Gasteiger partial charge in [-0.05, 0) is 43.5 Å². The highest BCUT2D eigenvalue weighted by molar-refractivity contribution is 5.36. The Hall–Kier alpha value is -2.47. The van der Waals surface area contributed by atoms with Crippen molar-refractivity contribution in [2.75, 3.05) is 0 Å². The summed E-state index contributed by atoms with van der Waals surface area (Å²) in [7, 11) is 0. The summed E-state index contributed by atoms with van der Waals surface area (Å²) in [4.78, 5) is 4.44. The third kappa shape index (κ3) is 3.17. The molecule has 1 atom stereocenters. The predicted octanol–water partition coefficient (Wildman–Crippen LogP) is 2.98. The van der Waals surface area contributed by atoms with Crippen LogP contribution < -0.4 is 5.32 Å². The number of hydrogen-bond acceptors (Lipinski definition) is 5. The number of aromatic nitrogens is 4. The minimum atomic E-state index is 0.188. The van der Waals surface area contributed by atoms with E-state index in [1.54, 1.807) is 6.20 Å². The first-order chi connectivity index (χ1) is 11.3. The van der Waals surface area contributed by atoms with E-state index in [2.05, 4.69) is 39.6 Å². The number of hydrogen-bond donors (Lipinski definition) is 1. The molecule has 0 amide bonds. The van der Waals surface area contributed by atoms with Crippen LogP contribution >= 0.6 is 0 Å². The molecule has 0 radical (unpaired) electrons. The lowest BCUT2D eigenvalue weighted by Crippen LogP contribution is -2.19. The minimum absolute atomic E-state index is 0.188. The van der Waals surface area contributed by atoms with Gasteiger partial charge in [-0.1, -0.05) is 17.3 Å². The second-order valence-electron chi connectivity index (χ2n) is 5.97. The summed E-state index contributed by atoms with van der Waals surface area (Å²) < 4.78 is 7.14. The van der Waals surface area contributed by atoms with Gasteiger partial charge in [-0.3, -0.25) is 0 Å². The normalized spacial score (nSPS) is 15.7. The molecule has 4 rings (SSSR count). The fourth-order valence-electron chi connectivity index (χ4n) is 2.56. The van der Waals surface area contributed by atoms with Gasteiger partial charge in [0, 0.05) is 24.4 Å². The van der Waals surface area contributed by atoms with Gasteiger partial charge in [-0.15, -0.1) is 0 Å². The first kappa shape index (κ1) is 14.1. The molecule has 0 bridgehead atoms. The standard InChI is InChI=1S/C17H19N5O/c1-12(18-11-16-20-17(23-21-16)13-6-7-13)14-4-2-5-15(10-14)22-9-3-8-19-22/h2-5,8-10,12-13,18H,6-7,11H2,1H3/t12-/m1/s1. The molecule has 1 aliphatic carbocycles. The summed E-state index contributed by atoms with van der Waals surface area (Å²) in [6.07, 6.45) is 6.06. The van der Waals surface area contributed by atoms with Crippen LogP contribution in [0.2, 0.25) is 0 Å². The fourth-order valence-corrected chi connectivity index (χ4v) is 2.56. The van der Waals surface area contributed by atoms with Crippen molar-refractivity contribution >= 4 is 0 Å². The molecule has 23 heavy (non-hydrogen) atoms. The van der Waals surface area contributed by atoms with Crippen molar-refractivity contribution in [1.29, 1.82) is 0 Å². The lowest BCUT2D eigenvalue weighted by molar-refractivity contribution is 0.371. The van der Waals surface area contributed by atoms with E-state index in [-0.39, 0.29) is 6.04 Å². The number of nitrogens with zero attached hydrogens (tertiary/aromatic N) is 4. The lowest BCUT2D eigenvalue weighted by Gasteiger charge is -2.14. The van der Waals surface area contributed by atoms with Gasteiger partial charge in [0.2, 0.25) is 5.89 Å². The SMILES string of the molecule is C[C@@H](NCc1noc(C2CC2)n1)c1cccc(-n2cccn2)c1. The Kier molecular flexibility index (Phi) is 3.67. The zero-order valence-electron chi connectivity index (χ0n) is 13.0. The highest BCUT2D eigenvalue weighted by Crippen LogP contribution is 2.38. The van der Waals surface area contributed by atoms with Crippen LogP contribution in [0, 0.1) is 0 Å². The Labute approximate surface area is 134 Å². The van der Waals surface area contributed by atoms with Gasteiger partial charge in [-0.2, -0.15) is 10.1 Å². The number of benzene rings is 1. The highest BCUT2D eigenvalue weighted by Gasteiger charge is 2.29. The van der Waals surface area contributed by atoms with Crippen LogP contribution in [0.5, 0.6) is 0 Å². The van der Waals surface area contributed by atoms with Crippen molar-refractivity contribution < 1.29 is 4.52 Å². The van der Waals surface area contributed by atoms with Crippen LogP contribution in [0.15, 0.2) is 47.2 Å². The second-order valence-corrected chi connectivity index (χ2v) is 5.97. The molecule has 0 spiro atoms. The first-order valence-corrected chi connectivity index (χ1v) is 7.95. The van der Waals surface area contributed by atoms with Crippen molar-refractivity contribution in [1.82, 2.24) is 25.2 Å². The van der Waals surface area contributed by atoms with Gasteiger partial charge < -0.3 is 9.84 Å². The smallest absolute Gasteiger partial charge is 0.229 e. The summed E-state index contributed by atoms with van der Waals surface area (Å²) >= 11 is 0. The Morgan fingerprint density at radius 1 is 1.35 bits per heavy atom. The van der Waals surface area contributed by atoms with Crippen molar-refractivity contribution in [3.05, 3.63) is 60.0 Å². The lowest BCUT2D eigenvalue weighted by atomic mass is 10.1. The van der Waals surface area contributed by atoms with Crippen molar-refractivity contribution in [2.24, 2.45) is 0 Å². The maximum Gasteiger partial charge on any atom is 0.229 e. The molecule has 2 aromatic heterocycles. The van der Waals surface area contributed by atoms with Gasteiger partial charge in [0.05, 0.1) is 12.2 Å². The third-order valence-corrected chi connectivity index (χ3v) is 4.12. The van der Waals surface area contributed by atoms with Crippen LogP contribution in [0.25, 0.3) is 5.69 Å². The van der Waals surface area contributed by atoms with Gasteiger partial charge in [-0.25, -0.2) is 4.68 Å². The third-order valence-electron chi connectivity index (χ3n) is 4.12. The molecule has 1 aliphatic rings. The van der Waals surface area contributed by atoms with Gasteiger partial charge >= 0.3 is 0 Å². The average molecular weight is 309 g/mol. The summed E-state index contributed by atoms with van der Waals surface area (Å²) in [5, 5.41) is 11.8. The van der Waals surface area contributed by atoms with E-state index in [0.717, 1.165) is 17.4 Å². The summed E-state index contributed by atoms with van der Waals surface area (Å²) in [5.41, 5.74) is 2.25. The molecule has 1 N–H and O–H groups in total. The van der Waals surface area contributed by atoms with E-state index in [1.165, 1.54) is 18.4 Å². The summed E-state index contributed by atoms with van der Waals surface area (Å²) in [6.45, 7) is 2.73. The van der Waals surface area contributed by atoms with Crippen LogP contribution in [-0.4, -0.2) is 19.9 Å². The minimum Gasteiger partial charge on any atom is -0.339 e. The molecule has 0 unspecified atom stereocenters. The van der Waals surface area contributed by atoms with Crippen molar-refractivity contribution in [3.63, 3.8) is 0 Å². The number of nitrogens with one attached hydrogen (secondary N) is 1. The van der Waals surface area contributed by atoms with Crippen LogP contribution in [0.3, 0.4) is 0 Å². The van der Waals surface area contributed by atoms with E-state index in [4.69, 9.17) is 4.52 Å². The van der Waals surface area contributed by atoms with Crippen LogP contribution in [-0.2, 0) is 6.54 Å². The maximum absolute atomic E-state index is 5.28. The fraction of sp³-hybridized carbons (Fsp3) is 0.353. The maximum atomic E-state index is 5.28. The molecule has 6 heteroatoms. The molecular weight excluding hydrogens is 290 g/mol. The van der Waals surface area contributed by atoms with Crippen LogP contribution in [0.1, 0.15) is 49.0 Å². The summed E-state index contributed by atoms with van der Waals surface area (Å²) in [5.74, 6) is 2.01. The predicted molar refractivity (Wildman–Crippen MR) is 85.1 cm³/mol. The molecule has 6 nitrogen and oxygen atoms in total. The highest BCUT2D eigenvalue weighted by atomic mass is 16.5. The van der Waals surface area contributed by atoms with E-state index in [9.17, 15) is 0 Å².